The Morgan fingerprint density at radius 1 is 0.750 bits per heavy atom. The molecule has 1 aromatic carbocycles. The molecule has 0 radical (unpaired) electrons. The number of anilines is 2. The number of benzene rings is 1. The number of aromatic nitrogens is 1. The molecule has 0 spiro atoms. The minimum Gasteiger partial charge on any atom is -0.358 e. The topological polar surface area (TPSA) is 241 Å². The Bertz CT molecular complexity index is 1020. The first-order valence-electron chi connectivity index (χ1n) is 6.70. The Morgan fingerprint density at radius 3 is 1.68 bits per heavy atom. The molecule has 1 heterocycles. The van der Waals surface area contributed by atoms with Crippen LogP contribution >= 0.6 is 0 Å². The van der Waals surface area contributed by atoms with Gasteiger partial charge in [-0.25, -0.2) is 0 Å². The van der Waals surface area contributed by atoms with Crippen LogP contribution in [0, 0.1) is 50.6 Å². The summed E-state index contributed by atoms with van der Waals surface area (Å²) in [6, 6.07) is 1.62. The number of nitrogens with zero attached hydrogens (tertiary/aromatic N) is 6. The van der Waals surface area contributed by atoms with E-state index in [0.29, 0.717) is 12.1 Å². The van der Waals surface area contributed by atoms with Gasteiger partial charge in [-0.05, 0) is 9.91 Å². The fraction of sp³-hybridized carbons (Fsp3) is 0. The fourth-order valence-electron chi connectivity index (χ4n) is 2.11. The van der Waals surface area contributed by atoms with Crippen LogP contribution in [-0.2, 0) is 0 Å². The average Bonchev–Trinajstić information content (AvgIpc) is 2.60. The van der Waals surface area contributed by atoms with E-state index in [2.05, 4.69) is 4.98 Å². The van der Waals surface area contributed by atoms with Crippen molar-refractivity contribution in [2.75, 3.05) is 5.32 Å². The number of non-ortho nitro benzene ring substituents is 1. The second kappa shape index (κ2) is 7.19. The van der Waals surface area contributed by atoms with Gasteiger partial charge in [0.25, 0.3) is 5.69 Å². The summed E-state index contributed by atoms with van der Waals surface area (Å²) in [6.45, 7) is 0. The van der Waals surface area contributed by atoms with E-state index >= 15 is 0 Å². The van der Waals surface area contributed by atoms with Gasteiger partial charge in [0, 0.05) is 6.07 Å². The van der Waals surface area contributed by atoms with Crippen LogP contribution in [0.4, 0.5) is 39.9 Å². The van der Waals surface area contributed by atoms with E-state index in [1.807, 2.05) is 5.32 Å². The lowest BCUT2D eigenvalue weighted by atomic mass is 10.2. The molecule has 1 N–H and O–H groups in total. The molecule has 144 valence electrons. The summed E-state index contributed by atoms with van der Waals surface area (Å²) in [6.07, 6.45) is 0.760. The molecule has 0 unspecified atom stereocenters. The molecule has 0 bridgehead atoms. The summed E-state index contributed by atoms with van der Waals surface area (Å²) in [5, 5.41) is 57.4. The predicted molar refractivity (Wildman–Crippen MR) is 87.2 cm³/mol. The number of hydrogen-bond donors (Lipinski definition) is 1. The van der Waals surface area contributed by atoms with Crippen molar-refractivity contribution >= 4 is 39.9 Å². The van der Waals surface area contributed by atoms with Crippen molar-refractivity contribution in [1.29, 1.82) is 0 Å². The van der Waals surface area contributed by atoms with Crippen molar-refractivity contribution in [2.24, 2.45) is 0 Å². The van der Waals surface area contributed by atoms with Crippen LogP contribution in [0.15, 0.2) is 24.4 Å². The molecule has 0 saturated heterocycles. The van der Waals surface area contributed by atoms with Gasteiger partial charge in [0.2, 0.25) is 0 Å². The van der Waals surface area contributed by atoms with Gasteiger partial charge in [0.1, 0.15) is 11.9 Å². The quantitative estimate of drug-likeness (QED) is 0.524. The molecule has 0 saturated carbocycles. The molecular weight excluding hydrogens is 390 g/mol. The maximum Gasteiger partial charge on any atom is 0.444 e. The first kappa shape index (κ1) is 19.5. The third-order valence-electron chi connectivity index (χ3n) is 3.21. The number of nitrogens with one attached hydrogen (secondary N) is 1. The Morgan fingerprint density at radius 2 is 1.29 bits per heavy atom. The van der Waals surface area contributed by atoms with Crippen LogP contribution in [-0.4, -0.2) is 29.6 Å². The normalized spacial score (nSPS) is 10.1. The van der Waals surface area contributed by atoms with Crippen molar-refractivity contribution in [3.63, 3.8) is 0 Å². The van der Waals surface area contributed by atoms with Gasteiger partial charge < -0.3 is 15.4 Å². The molecule has 1 aromatic heterocycles. The zero-order valence-corrected chi connectivity index (χ0v) is 13.1. The summed E-state index contributed by atoms with van der Waals surface area (Å²) in [5.41, 5.74) is -6.13. The van der Waals surface area contributed by atoms with E-state index in [1.54, 1.807) is 0 Å². The molecule has 17 nitrogen and oxygen atoms in total. The maximum absolute atomic E-state index is 11.2. The lowest BCUT2D eigenvalue weighted by molar-refractivity contribution is -0.425. The van der Waals surface area contributed by atoms with E-state index in [9.17, 15) is 50.6 Å². The highest BCUT2D eigenvalue weighted by Gasteiger charge is 2.35. The van der Waals surface area contributed by atoms with E-state index in [-0.39, 0.29) is 0 Å². The Hall–Kier alpha value is -4.83. The smallest absolute Gasteiger partial charge is 0.358 e. The fourth-order valence-corrected chi connectivity index (χ4v) is 2.11. The maximum atomic E-state index is 11.2. The molecule has 0 aliphatic carbocycles. The van der Waals surface area contributed by atoms with Crippen molar-refractivity contribution in [3.8, 4) is 0 Å². The minimum atomic E-state index is -1.22. The monoisotopic (exact) mass is 395 g/mol. The molecule has 0 fully saturated rings. The number of pyridine rings is 1. The highest BCUT2D eigenvalue weighted by molar-refractivity contribution is 5.84. The Labute approximate surface area is 151 Å². The average molecular weight is 395 g/mol. The number of nitro benzene ring substituents is 3. The molecule has 2 rings (SSSR count). The highest BCUT2D eigenvalue weighted by Crippen LogP contribution is 2.42. The van der Waals surface area contributed by atoms with Gasteiger partial charge in [0.05, 0.1) is 31.8 Å². The molecule has 0 aliphatic heterocycles. The van der Waals surface area contributed by atoms with Gasteiger partial charge in [-0.3, -0.25) is 40.5 Å². The second-order valence-corrected chi connectivity index (χ2v) is 4.80. The van der Waals surface area contributed by atoms with Crippen LogP contribution < -0.4 is 5.32 Å². The second-order valence-electron chi connectivity index (χ2n) is 4.80. The molecule has 0 amide bonds. The SMILES string of the molecule is O=[N+]([O-])c1cc([N+](=O)[O-])c(Nc2ccnc([N+](=O)[O-])c2[N+](=O)[O-])c([N+](=O)[O-])c1. The molecule has 0 atom stereocenters. The number of rotatable bonds is 7. The molecule has 0 aliphatic rings. The third-order valence-corrected chi connectivity index (χ3v) is 3.21. The number of nitro groups is 5. The summed E-state index contributed by atoms with van der Waals surface area (Å²) >= 11 is 0. The lowest BCUT2D eigenvalue weighted by Crippen LogP contribution is -2.06. The largest absolute Gasteiger partial charge is 0.444 e. The van der Waals surface area contributed by atoms with Gasteiger partial charge in [-0.15, -0.1) is 0 Å². The van der Waals surface area contributed by atoms with Crippen LogP contribution in [0.5, 0.6) is 0 Å². The van der Waals surface area contributed by atoms with Crippen molar-refractivity contribution in [1.82, 2.24) is 4.98 Å². The van der Waals surface area contributed by atoms with Gasteiger partial charge in [-0.1, -0.05) is 0 Å². The van der Waals surface area contributed by atoms with Crippen molar-refractivity contribution in [2.45, 2.75) is 0 Å². The number of hydrogen-bond acceptors (Lipinski definition) is 12. The Kier molecular flexibility index (Phi) is 5.01. The van der Waals surface area contributed by atoms with E-state index in [0.717, 1.165) is 12.3 Å². The van der Waals surface area contributed by atoms with Crippen molar-refractivity contribution in [3.05, 3.63) is 75.0 Å². The molecule has 17 heteroatoms. The summed E-state index contributed by atoms with van der Waals surface area (Å²) in [7, 11) is 0. The Balaban J connectivity index is 2.80. The first-order valence-corrected chi connectivity index (χ1v) is 6.70. The summed E-state index contributed by atoms with van der Waals surface area (Å²) in [4.78, 5) is 52.7. The van der Waals surface area contributed by atoms with Crippen LogP contribution in [0.25, 0.3) is 0 Å². The zero-order chi connectivity index (χ0) is 21.2. The van der Waals surface area contributed by atoms with Gasteiger partial charge in [0.15, 0.2) is 5.69 Å². The lowest BCUT2D eigenvalue weighted by Gasteiger charge is -2.08. The van der Waals surface area contributed by atoms with Crippen LogP contribution in [0.3, 0.4) is 0 Å². The molecule has 28 heavy (non-hydrogen) atoms. The van der Waals surface area contributed by atoms with Crippen molar-refractivity contribution < 1.29 is 24.6 Å². The van der Waals surface area contributed by atoms with Crippen LogP contribution in [0.2, 0.25) is 0 Å². The third kappa shape index (κ3) is 3.56. The predicted octanol–water partition coefficient (Wildman–Crippen LogP) is 2.37. The summed E-state index contributed by atoms with van der Waals surface area (Å²) in [5.74, 6) is -1.22. The minimum absolute atomic E-state index is 0.400. The van der Waals surface area contributed by atoms with Crippen LogP contribution in [0.1, 0.15) is 0 Å². The zero-order valence-electron chi connectivity index (χ0n) is 13.1. The van der Waals surface area contributed by atoms with Gasteiger partial charge >= 0.3 is 22.9 Å². The first-order chi connectivity index (χ1) is 13.0. The summed E-state index contributed by atoms with van der Waals surface area (Å²) < 4.78 is 0. The molecular formula is C11H5N7O10. The van der Waals surface area contributed by atoms with E-state index < -0.39 is 64.6 Å². The standard InChI is InChI=1S/C11H5N7O10/c19-14(20)5-3-7(15(21)22)9(8(4-5)16(23)24)13-6-1-2-12-11(18(27)28)10(6)17(25)26/h1-4H,(H,12,13). The molecule has 2 aromatic rings. The van der Waals surface area contributed by atoms with E-state index in [1.165, 1.54) is 0 Å². The van der Waals surface area contributed by atoms with E-state index in [4.69, 9.17) is 0 Å². The van der Waals surface area contributed by atoms with Gasteiger partial charge in [-0.2, -0.15) is 0 Å². The highest BCUT2D eigenvalue weighted by atomic mass is 16.6.